The first-order valence-corrected chi connectivity index (χ1v) is 13.5. The van der Waals surface area contributed by atoms with Gasteiger partial charge in [-0.3, -0.25) is 24.5 Å². The first kappa shape index (κ1) is 25.9. The zero-order valence-corrected chi connectivity index (χ0v) is 22.6. The van der Waals surface area contributed by atoms with Crippen molar-refractivity contribution in [2.24, 2.45) is 5.92 Å². The van der Waals surface area contributed by atoms with Gasteiger partial charge in [0, 0.05) is 24.4 Å². The van der Waals surface area contributed by atoms with Crippen LogP contribution in [0.4, 0.5) is 17.1 Å². The van der Waals surface area contributed by atoms with E-state index in [0.717, 1.165) is 11.3 Å². The smallest absolute Gasteiger partial charge is 0.269 e. The highest BCUT2D eigenvalue weighted by Crippen LogP contribution is 2.59. The molecule has 0 N–H and O–H groups in total. The molecule has 3 saturated heterocycles. The molecule has 4 atom stereocenters. The van der Waals surface area contributed by atoms with Gasteiger partial charge in [-0.05, 0) is 47.5 Å². The lowest BCUT2D eigenvalue weighted by atomic mass is 9.77. The highest BCUT2D eigenvalue weighted by atomic mass is 16.7. The Kier molecular flexibility index (Phi) is 6.03. The molecule has 2 amide bonds. The van der Waals surface area contributed by atoms with E-state index in [9.17, 15) is 19.7 Å². The highest BCUT2D eigenvalue weighted by molar-refractivity contribution is 6.24. The maximum absolute atomic E-state index is 14.3. The summed E-state index contributed by atoms with van der Waals surface area (Å²) in [6.45, 7) is 0.277. The van der Waals surface area contributed by atoms with Gasteiger partial charge in [0.2, 0.25) is 5.91 Å². The molecule has 0 radical (unpaired) electrons. The van der Waals surface area contributed by atoms with Gasteiger partial charge in [-0.2, -0.15) is 0 Å². The Labute approximate surface area is 241 Å². The number of ether oxygens (including phenoxy) is 1. The molecule has 0 aliphatic carbocycles. The number of nitrogens with zero attached hydrogens (tertiary/aromatic N) is 4. The molecule has 10 nitrogen and oxygen atoms in total. The number of imide groups is 1. The van der Waals surface area contributed by atoms with E-state index in [-0.39, 0.29) is 18.1 Å². The molecule has 4 aromatic carbocycles. The van der Waals surface area contributed by atoms with Gasteiger partial charge in [-0.25, -0.2) is 4.90 Å². The van der Waals surface area contributed by atoms with Crippen molar-refractivity contribution in [2.75, 3.05) is 23.5 Å². The molecule has 0 bridgehead atoms. The quantitative estimate of drug-likeness (QED) is 0.187. The minimum Gasteiger partial charge on any atom is -0.497 e. The number of para-hydroxylation sites is 1. The van der Waals surface area contributed by atoms with Crippen LogP contribution >= 0.6 is 0 Å². The molecule has 210 valence electrons. The number of fused-ring (bicyclic) bond motifs is 3. The van der Waals surface area contributed by atoms with Crippen LogP contribution in [0.5, 0.6) is 5.75 Å². The molecule has 0 saturated carbocycles. The van der Waals surface area contributed by atoms with Gasteiger partial charge >= 0.3 is 0 Å². The van der Waals surface area contributed by atoms with Gasteiger partial charge in [0.1, 0.15) is 23.4 Å². The Morgan fingerprint density at radius 1 is 0.857 bits per heavy atom. The minimum atomic E-state index is -1.09. The number of rotatable bonds is 6. The average molecular weight is 563 g/mol. The zero-order chi connectivity index (χ0) is 29.0. The third-order valence-corrected chi connectivity index (χ3v) is 8.39. The van der Waals surface area contributed by atoms with Crippen LogP contribution in [0.25, 0.3) is 0 Å². The number of nitro groups is 1. The average Bonchev–Trinajstić information content (AvgIpc) is 3.62. The van der Waals surface area contributed by atoms with Gasteiger partial charge in [-0.1, -0.05) is 60.7 Å². The van der Waals surface area contributed by atoms with Gasteiger partial charge in [0.05, 0.1) is 17.7 Å². The van der Waals surface area contributed by atoms with Crippen LogP contribution in [0.1, 0.15) is 17.3 Å². The summed E-state index contributed by atoms with van der Waals surface area (Å²) in [7, 11) is 1.59. The zero-order valence-electron chi connectivity index (χ0n) is 22.6. The van der Waals surface area contributed by atoms with Crippen LogP contribution in [-0.4, -0.2) is 41.6 Å². The van der Waals surface area contributed by atoms with E-state index in [4.69, 9.17) is 9.57 Å². The molecule has 3 heterocycles. The van der Waals surface area contributed by atoms with E-state index in [1.807, 2.05) is 60.7 Å². The maximum atomic E-state index is 14.3. The van der Waals surface area contributed by atoms with E-state index in [2.05, 4.69) is 4.90 Å². The number of carbonyl (C=O) groups is 2. The van der Waals surface area contributed by atoms with Gasteiger partial charge < -0.3 is 9.64 Å². The maximum Gasteiger partial charge on any atom is 0.269 e. The molecule has 42 heavy (non-hydrogen) atoms. The second kappa shape index (κ2) is 9.79. The van der Waals surface area contributed by atoms with Crippen molar-refractivity contribution in [3.8, 4) is 5.75 Å². The highest BCUT2D eigenvalue weighted by Gasteiger charge is 2.72. The summed E-state index contributed by atoms with van der Waals surface area (Å²) in [5.41, 5.74) is 1.53. The van der Waals surface area contributed by atoms with E-state index < -0.39 is 34.6 Å². The Morgan fingerprint density at radius 3 is 2.21 bits per heavy atom. The number of non-ortho nitro benzene ring substituents is 1. The Morgan fingerprint density at radius 2 is 1.55 bits per heavy atom. The van der Waals surface area contributed by atoms with Crippen molar-refractivity contribution in [1.29, 1.82) is 0 Å². The molecule has 4 aromatic rings. The number of hydroxylamine groups is 2. The number of methoxy groups -OCH3 is 1. The molecule has 0 aromatic heterocycles. The lowest BCUT2D eigenvalue weighted by Gasteiger charge is -2.35. The van der Waals surface area contributed by atoms with Crippen molar-refractivity contribution in [1.82, 2.24) is 5.06 Å². The summed E-state index contributed by atoms with van der Waals surface area (Å²) in [4.78, 5) is 49.3. The van der Waals surface area contributed by atoms with Crippen molar-refractivity contribution in [3.05, 3.63) is 130 Å². The van der Waals surface area contributed by atoms with E-state index in [0.29, 0.717) is 17.0 Å². The number of anilines is 2. The van der Waals surface area contributed by atoms with Crippen LogP contribution in [0.15, 0.2) is 109 Å². The van der Waals surface area contributed by atoms with Gasteiger partial charge in [0.25, 0.3) is 11.6 Å². The molecule has 0 spiro atoms. The van der Waals surface area contributed by atoms with Crippen molar-refractivity contribution in [3.63, 3.8) is 0 Å². The molecule has 10 heteroatoms. The fourth-order valence-electron chi connectivity index (χ4n) is 6.55. The molecule has 3 aliphatic heterocycles. The first-order valence-electron chi connectivity index (χ1n) is 13.5. The third kappa shape index (κ3) is 3.73. The van der Waals surface area contributed by atoms with Crippen LogP contribution in [0.3, 0.4) is 0 Å². The van der Waals surface area contributed by atoms with Gasteiger partial charge in [0.15, 0.2) is 6.10 Å². The molecule has 1 unspecified atom stereocenters. The predicted molar refractivity (Wildman–Crippen MR) is 153 cm³/mol. The normalized spacial score (nSPS) is 25.0. The lowest BCUT2D eigenvalue weighted by molar-refractivity contribution is -0.385. The van der Waals surface area contributed by atoms with E-state index >= 15 is 0 Å². The summed E-state index contributed by atoms with van der Waals surface area (Å²) in [6, 6.07) is 32.3. The number of carbonyl (C=O) groups excluding carboxylic acids is 2. The van der Waals surface area contributed by atoms with Crippen LogP contribution in [0, 0.1) is 16.0 Å². The second-order valence-electron chi connectivity index (χ2n) is 10.5. The molecular weight excluding hydrogens is 536 g/mol. The largest absolute Gasteiger partial charge is 0.497 e. The number of benzene rings is 4. The van der Waals surface area contributed by atoms with Crippen molar-refractivity contribution >= 4 is 28.9 Å². The minimum absolute atomic E-state index is 0.0683. The topological polar surface area (TPSA) is 105 Å². The predicted octanol–water partition coefficient (Wildman–Crippen LogP) is 4.82. The monoisotopic (exact) mass is 562 g/mol. The van der Waals surface area contributed by atoms with Crippen molar-refractivity contribution < 1.29 is 24.1 Å². The van der Waals surface area contributed by atoms with Crippen LogP contribution in [-0.2, 0) is 20.0 Å². The summed E-state index contributed by atoms with van der Waals surface area (Å²) >= 11 is 0. The lowest BCUT2D eigenvalue weighted by Crippen LogP contribution is -2.48. The Hall–Kier alpha value is -5.06. The summed E-state index contributed by atoms with van der Waals surface area (Å²) in [5, 5.41) is 13.5. The summed E-state index contributed by atoms with van der Waals surface area (Å²) in [5.74, 6) is -0.974. The summed E-state index contributed by atoms with van der Waals surface area (Å²) in [6.07, 6.45) is -1.74. The fourth-order valence-corrected chi connectivity index (χ4v) is 6.55. The SMILES string of the molecule is COc1ccc(N2C[C@]3(c4ccccc4)[C@@H]4C(=O)N(c5ccccc5)C(=O)[C@@H]4ON3C2c2cccc([N+](=O)[O-])c2)cc1. The third-order valence-electron chi connectivity index (χ3n) is 8.39. The van der Waals surface area contributed by atoms with Crippen molar-refractivity contribution in [2.45, 2.75) is 17.8 Å². The van der Waals surface area contributed by atoms with Gasteiger partial charge in [-0.15, -0.1) is 5.06 Å². The molecular formula is C32H26N4O6. The first-order chi connectivity index (χ1) is 20.4. The molecule has 3 aliphatic rings. The summed E-state index contributed by atoms with van der Waals surface area (Å²) < 4.78 is 5.37. The molecule has 7 rings (SSSR count). The van der Waals surface area contributed by atoms with E-state index in [1.54, 1.807) is 48.6 Å². The number of hydrogen-bond donors (Lipinski definition) is 0. The number of nitro benzene ring substituents is 1. The van der Waals surface area contributed by atoms with E-state index in [1.165, 1.54) is 17.0 Å². The number of hydrogen-bond acceptors (Lipinski definition) is 8. The van der Waals surface area contributed by atoms with Crippen LogP contribution in [0.2, 0.25) is 0 Å². The Bertz CT molecular complexity index is 1680. The second-order valence-corrected chi connectivity index (χ2v) is 10.5. The molecule has 3 fully saturated rings. The fraction of sp³-hybridized carbons (Fsp3) is 0.188. The Balaban J connectivity index is 1.42. The standard InChI is InChI=1S/C32H26N4O6/c1-41-26-17-15-23(16-18-26)33-20-32(22-10-4-2-5-11-22)27-28(31(38)34(30(27)37)24-12-6-3-7-13-24)42-35(32)29(33)21-9-8-14-25(19-21)36(39)40/h2-19,27-29H,20H2,1H3/t27-,28+,29?,32-/m0/s1. The van der Waals surface area contributed by atoms with Crippen LogP contribution < -0.4 is 14.5 Å². The number of amides is 2.